The van der Waals surface area contributed by atoms with Gasteiger partial charge in [-0.15, -0.1) is 0 Å². The van der Waals surface area contributed by atoms with E-state index in [0.717, 1.165) is 17.7 Å². The van der Waals surface area contributed by atoms with E-state index in [4.69, 9.17) is 9.47 Å². The van der Waals surface area contributed by atoms with Crippen LogP contribution in [-0.4, -0.2) is 42.8 Å². The molecule has 1 unspecified atom stereocenters. The molecule has 5 nitrogen and oxygen atoms in total. The van der Waals surface area contributed by atoms with Gasteiger partial charge in [-0.25, -0.2) is 4.79 Å². The van der Waals surface area contributed by atoms with Crippen LogP contribution in [0.2, 0.25) is 0 Å². The lowest BCUT2D eigenvalue weighted by atomic mass is 9.95. The number of nitrogens with one attached hydrogen (secondary N) is 1. The fourth-order valence-electron chi connectivity index (χ4n) is 2.86. The lowest BCUT2D eigenvalue weighted by molar-refractivity contribution is -0.0660. The quantitative estimate of drug-likeness (QED) is 0.925. The van der Waals surface area contributed by atoms with Gasteiger partial charge >= 0.3 is 6.03 Å². The summed E-state index contributed by atoms with van der Waals surface area (Å²) in [6.45, 7) is 9.21. The number of carbonyl (C=O) groups excluding carboxylic acids is 1. The van der Waals surface area contributed by atoms with Gasteiger partial charge in [0.1, 0.15) is 5.75 Å². The van der Waals surface area contributed by atoms with Gasteiger partial charge in [-0.05, 0) is 44.9 Å². The predicted octanol–water partition coefficient (Wildman–Crippen LogP) is 3.36. The number of methoxy groups -OCH3 is 1. The van der Waals surface area contributed by atoms with Crippen LogP contribution in [-0.2, 0) is 4.74 Å². The minimum absolute atomic E-state index is 0.0338. The summed E-state index contributed by atoms with van der Waals surface area (Å²) in [6, 6.07) is 7.85. The van der Waals surface area contributed by atoms with Gasteiger partial charge in [-0.3, -0.25) is 0 Å². The number of carbonyl (C=O) groups is 1. The average Bonchev–Trinajstić information content (AvgIpc) is 2.53. The highest BCUT2D eigenvalue weighted by Gasteiger charge is 2.41. The van der Waals surface area contributed by atoms with Crippen molar-refractivity contribution >= 4 is 6.03 Å². The molecule has 1 aromatic carbocycles. The topological polar surface area (TPSA) is 50.8 Å². The second kappa shape index (κ2) is 7.21. The van der Waals surface area contributed by atoms with Crippen molar-refractivity contribution in [3.63, 3.8) is 0 Å². The molecule has 23 heavy (non-hydrogen) atoms. The van der Waals surface area contributed by atoms with Gasteiger partial charge in [0.05, 0.1) is 31.9 Å². The maximum Gasteiger partial charge on any atom is 0.318 e. The average molecular weight is 320 g/mol. The molecular formula is C18H28N2O3. The van der Waals surface area contributed by atoms with Gasteiger partial charge in [-0.1, -0.05) is 19.1 Å². The summed E-state index contributed by atoms with van der Waals surface area (Å²) < 4.78 is 11.0. The molecule has 128 valence electrons. The van der Waals surface area contributed by atoms with E-state index in [-0.39, 0.29) is 23.7 Å². The Morgan fingerprint density at radius 3 is 2.65 bits per heavy atom. The summed E-state index contributed by atoms with van der Waals surface area (Å²) in [5.74, 6) is 0.806. The van der Waals surface area contributed by atoms with E-state index < -0.39 is 0 Å². The first-order valence-electron chi connectivity index (χ1n) is 8.20. The summed E-state index contributed by atoms with van der Waals surface area (Å²) in [6.07, 6.45) is 0.906. The fraction of sp³-hybridized carbons (Fsp3) is 0.611. The molecule has 1 heterocycles. The molecule has 1 N–H and O–H groups in total. The van der Waals surface area contributed by atoms with Gasteiger partial charge in [0.15, 0.2) is 0 Å². The van der Waals surface area contributed by atoms with Gasteiger partial charge in [0, 0.05) is 6.04 Å². The Labute approximate surface area is 139 Å². The summed E-state index contributed by atoms with van der Waals surface area (Å²) >= 11 is 0. The van der Waals surface area contributed by atoms with Crippen LogP contribution in [0.25, 0.3) is 0 Å². The SMILES string of the molecule is CC[C@H](C)NC(=O)N1C(c2ccc(OC)cc2)COCC1(C)C. The van der Waals surface area contributed by atoms with E-state index in [0.29, 0.717) is 13.2 Å². The monoisotopic (exact) mass is 320 g/mol. The van der Waals surface area contributed by atoms with Crippen molar-refractivity contribution in [3.05, 3.63) is 29.8 Å². The van der Waals surface area contributed by atoms with E-state index in [1.54, 1.807) is 7.11 Å². The van der Waals surface area contributed by atoms with Crippen LogP contribution in [0, 0.1) is 0 Å². The highest BCUT2D eigenvalue weighted by atomic mass is 16.5. The lowest BCUT2D eigenvalue weighted by Gasteiger charge is -2.47. The van der Waals surface area contributed by atoms with Crippen LogP contribution in [0.4, 0.5) is 4.79 Å². The number of hydrogen-bond acceptors (Lipinski definition) is 3. The summed E-state index contributed by atoms with van der Waals surface area (Å²) in [4.78, 5) is 14.7. The van der Waals surface area contributed by atoms with Gasteiger partial charge < -0.3 is 19.7 Å². The number of rotatable bonds is 4. The minimum atomic E-state index is -0.361. The van der Waals surface area contributed by atoms with Gasteiger partial charge in [-0.2, -0.15) is 0 Å². The Morgan fingerprint density at radius 1 is 1.43 bits per heavy atom. The van der Waals surface area contributed by atoms with Crippen LogP contribution in [0.15, 0.2) is 24.3 Å². The first-order chi connectivity index (χ1) is 10.9. The Hall–Kier alpha value is -1.75. The first kappa shape index (κ1) is 17.6. The molecule has 0 bridgehead atoms. The lowest BCUT2D eigenvalue weighted by Crippen LogP contribution is -2.60. The van der Waals surface area contributed by atoms with E-state index in [1.165, 1.54) is 0 Å². The molecule has 0 aromatic heterocycles. The number of ether oxygens (including phenoxy) is 2. The highest BCUT2D eigenvalue weighted by molar-refractivity contribution is 5.76. The van der Waals surface area contributed by atoms with Crippen LogP contribution < -0.4 is 10.1 Å². The first-order valence-corrected chi connectivity index (χ1v) is 8.20. The van der Waals surface area contributed by atoms with Crippen molar-refractivity contribution in [2.45, 2.75) is 51.7 Å². The molecule has 2 amide bonds. The molecule has 1 saturated heterocycles. The van der Waals surface area contributed by atoms with Crippen LogP contribution in [0.3, 0.4) is 0 Å². The zero-order valence-electron chi connectivity index (χ0n) is 14.8. The van der Waals surface area contributed by atoms with Crippen molar-refractivity contribution < 1.29 is 14.3 Å². The molecule has 0 radical (unpaired) electrons. The van der Waals surface area contributed by atoms with Crippen LogP contribution >= 0.6 is 0 Å². The molecule has 0 spiro atoms. The fourth-order valence-corrected chi connectivity index (χ4v) is 2.86. The number of hydrogen-bond donors (Lipinski definition) is 1. The molecule has 1 aliphatic heterocycles. The zero-order valence-corrected chi connectivity index (χ0v) is 14.8. The standard InChI is InChI=1S/C18H28N2O3/c1-6-13(2)19-17(21)20-16(11-23-12-18(20,3)4)14-7-9-15(22-5)10-8-14/h7-10,13,16H,6,11-12H2,1-5H3,(H,19,21)/t13-,16?/m0/s1. The number of urea groups is 1. The molecule has 1 fully saturated rings. The largest absolute Gasteiger partial charge is 0.497 e. The molecule has 2 atom stereocenters. The number of amides is 2. The third-order valence-electron chi connectivity index (χ3n) is 4.40. The Balaban J connectivity index is 2.28. The predicted molar refractivity (Wildman–Crippen MR) is 90.8 cm³/mol. The maximum absolute atomic E-state index is 12.8. The van der Waals surface area contributed by atoms with Crippen molar-refractivity contribution in [1.29, 1.82) is 0 Å². The molecule has 1 aliphatic rings. The smallest absolute Gasteiger partial charge is 0.318 e. The van der Waals surface area contributed by atoms with Gasteiger partial charge in [0.2, 0.25) is 0 Å². The van der Waals surface area contributed by atoms with E-state index >= 15 is 0 Å². The molecule has 1 aromatic rings. The maximum atomic E-state index is 12.8. The Morgan fingerprint density at radius 2 is 2.09 bits per heavy atom. The van der Waals surface area contributed by atoms with Crippen LogP contribution in [0.5, 0.6) is 5.75 Å². The number of benzene rings is 1. The highest BCUT2D eigenvalue weighted by Crippen LogP contribution is 2.34. The molecule has 0 saturated carbocycles. The second-order valence-corrected chi connectivity index (χ2v) is 6.75. The van der Waals surface area contributed by atoms with E-state index in [2.05, 4.69) is 12.2 Å². The molecular weight excluding hydrogens is 292 g/mol. The van der Waals surface area contributed by atoms with Crippen molar-refractivity contribution in [2.75, 3.05) is 20.3 Å². The third-order valence-corrected chi connectivity index (χ3v) is 4.40. The molecule has 5 heteroatoms. The second-order valence-electron chi connectivity index (χ2n) is 6.75. The van der Waals surface area contributed by atoms with E-state index in [1.807, 2.05) is 49.9 Å². The van der Waals surface area contributed by atoms with E-state index in [9.17, 15) is 4.79 Å². The van der Waals surface area contributed by atoms with Gasteiger partial charge in [0.25, 0.3) is 0 Å². The Kier molecular flexibility index (Phi) is 5.52. The summed E-state index contributed by atoms with van der Waals surface area (Å²) in [5.41, 5.74) is 0.693. The summed E-state index contributed by atoms with van der Waals surface area (Å²) in [7, 11) is 1.65. The zero-order chi connectivity index (χ0) is 17.0. The molecule has 0 aliphatic carbocycles. The van der Waals surface area contributed by atoms with Crippen molar-refractivity contribution in [2.24, 2.45) is 0 Å². The van der Waals surface area contributed by atoms with Crippen molar-refractivity contribution in [1.82, 2.24) is 10.2 Å². The minimum Gasteiger partial charge on any atom is -0.497 e. The van der Waals surface area contributed by atoms with Crippen molar-refractivity contribution in [3.8, 4) is 5.75 Å². The van der Waals surface area contributed by atoms with Crippen LogP contribution in [0.1, 0.15) is 45.7 Å². The number of morpholine rings is 1. The Bertz CT molecular complexity index is 528. The normalized spacial score (nSPS) is 21.6. The number of nitrogens with zero attached hydrogens (tertiary/aromatic N) is 1. The molecule has 2 rings (SSSR count). The third kappa shape index (κ3) is 3.96. The summed E-state index contributed by atoms with van der Waals surface area (Å²) in [5, 5.41) is 3.08.